The second kappa shape index (κ2) is 6.16. The van der Waals surface area contributed by atoms with Crippen LogP contribution in [0.15, 0.2) is 57.9 Å². The lowest BCUT2D eigenvalue weighted by Gasteiger charge is -2.06. The summed E-state index contributed by atoms with van der Waals surface area (Å²) in [6.45, 7) is -0.512. The zero-order valence-electron chi connectivity index (χ0n) is 12.4. The molecule has 3 rings (SSSR count). The molecule has 3 atom stereocenters. The third kappa shape index (κ3) is 2.66. The first-order valence-electron chi connectivity index (χ1n) is 7.14. The van der Waals surface area contributed by atoms with Gasteiger partial charge >= 0.3 is 0 Å². The van der Waals surface area contributed by atoms with Gasteiger partial charge in [-0.3, -0.25) is 0 Å². The van der Waals surface area contributed by atoms with Gasteiger partial charge in [-0.05, 0) is 42.0 Å². The fourth-order valence-electron chi connectivity index (χ4n) is 3.13. The van der Waals surface area contributed by atoms with Crippen molar-refractivity contribution in [1.29, 1.82) is 5.26 Å². The average Bonchev–Trinajstić information content (AvgIpc) is 3.26. The van der Waals surface area contributed by atoms with Crippen LogP contribution in [0.3, 0.4) is 0 Å². The van der Waals surface area contributed by atoms with Crippen molar-refractivity contribution in [3.8, 4) is 6.07 Å². The predicted octanol–water partition coefficient (Wildman–Crippen LogP) is 3.54. The van der Waals surface area contributed by atoms with Crippen molar-refractivity contribution in [2.24, 2.45) is 5.41 Å². The lowest BCUT2D eigenvalue weighted by molar-refractivity contribution is 0.242. The molecule has 1 N–H and O–H groups in total. The fraction of sp³-hybridized carbons (Fsp3) is 0.235. The van der Waals surface area contributed by atoms with Gasteiger partial charge in [0.15, 0.2) is 9.84 Å². The molecule has 2 aromatic rings. The number of aliphatic hydroxyl groups excluding tert-OH is 1. The highest BCUT2D eigenvalue weighted by Gasteiger charge is 2.72. The summed E-state index contributed by atoms with van der Waals surface area (Å²) in [7, 11) is -3.77. The lowest BCUT2D eigenvalue weighted by Crippen LogP contribution is -2.18. The van der Waals surface area contributed by atoms with Crippen LogP contribution in [-0.4, -0.2) is 25.4 Å². The largest absolute Gasteiger partial charge is 0.395 e. The van der Waals surface area contributed by atoms with Crippen LogP contribution in [-0.2, 0) is 9.84 Å². The predicted molar refractivity (Wildman–Crippen MR) is 94.4 cm³/mol. The smallest absolute Gasteiger partial charge is 0.183 e. The monoisotopic (exact) mass is 425 g/mol. The van der Waals surface area contributed by atoms with Crippen molar-refractivity contribution in [2.75, 3.05) is 6.61 Å². The summed E-state index contributed by atoms with van der Waals surface area (Å²) in [5.41, 5.74) is -0.608. The Morgan fingerprint density at radius 2 is 1.75 bits per heavy atom. The highest BCUT2D eigenvalue weighted by molar-refractivity contribution is 9.10. The maximum atomic E-state index is 13.0. The van der Waals surface area contributed by atoms with Crippen LogP contribution >= 0.6 is 27.5 Å². The molecule has 1 aliphatic rings. The van der Waals surface area contributed by atoms with E-state index in [1.165, 1.54) is 24.3 Å². The first-order chi connectivity index (χ1) is 11.4. The van der Waals surface area contributed by atoms with Gasteiger partial charge in [-0.25, -0.2) is 8.42 Å². The van der Waals surface area contributed by atoms with E-state index in [2.05, 4.69) is 15.9 Å². The SMILES string of the molecule is N#C[C@]1(CO)[C@H](c2ccc(Br)cc2)[C@H]1S(=O)(=O)c1ccc(Cl)cc1. The van der Waals surface area contributed by atoms with Crippen molar-refractivity contribution in [1.82, 2.24) is 0 Å². The Labute approximate surface area is 153 Å². The first kappa shape index (κ1) is 17.4. The molecule has 0 aliphatic heterocycles. The van der Waals surface area contributed by atoms with Gasteiger partial charge < -0.3 is 5.11 Å². The van der Waals surface area contributed by atoms with Crippen LogP contribution in [0, 0.1) is 16.7 Å². The minimum Gasteiger partial charge on any atom is -0.395 e. The average molecular weight is 427 g/mol. The Kier molecular flexibility index (Phi) is 4.47. The molecule has 1 saturated carbocycles. The van der Waals surface area contributed by atoms with E-state index in [0.29, 0.717) is 5.02 Å². The summed E-state index contributed by atoms with van der Waals surface area (Å²) in [6.07, 6.45) is 0. The summed E-state index contributed by atoms with van der Waals surface area (Å²) in [5.74, 6) is -0.568. The highest BCUT2D eigenvalue weighted by Crippen LogP contribution is 2.63. The minimum absolute atomic E-state index is 0.101. The van der Waals surface area contributed by atoms with E-state index < -0.39 is 33.0 Å². The molecule has 0 spiro atoms. The molecule has 24 heavy (non-hydrogen) atoms. The van der Waals surface area contributed by atoms with Crippen molar-refractivity contribution in [2.45, 2.75) is 16.1 Å². The van der Waals surface area contributed by atoms with Crippen molar-refractivity contribution in [3.05, 3.63) is 63.6 Å². The third-order valence-corrected chi connectivity index (χ3v) is 7.50. The maximum Gasteiger partial charge on any atom is 0.183 e. The molecule has 0 radical (unpaired) electrons. The number of hydrogen-bond donors (Lipinski definition) is 1. The van der Waals surface area contributed by atoms with Crippen LogP contribution in [0.25, 0.3) is 0 Å². The normalized spacial score (nSPS) is 25.9. The summed E-state index contributed by atoms with van der Waals surface area (Å²) < 4.78 is 26.8. The lowest BCUT2D eigenvalue weighted by atomic mass is 10.0. The van der Waals surface area contributed by atoms with Gasteiger partial charge in [0.25, 0.3) is 0 Å². The molecule has 1 fully saturated rings. The Balaban J connectivity index is 2.06. The molecule has 0 amide bonds. The molecule has 4 nitrogen and oxygen atoms in total. The summed E-state index contributed by atoms with van der Waals surface area (Å²) in [4.78, 5) is 0.101. The van der Waals surface area contributed by atoms with Crippen LogP contribution in [0.5, 0.6) is 0 Å². The zero-order valence-corrected chi connectivity index (χ0v) is 15.5. The van der Waals surface area contributed by atoms with Crippen molar-refractivity contribution in [3.63, 3.8) is 0 Å². The molecular formula is C17H13BrClNO3S. The van der Waals surface area contributed by atoms with Gasteiger partial charge in [0.1, 0.15) is 5.41 Å². The van der Waals surface area contributed by atoms with E-state index >= 15 is 0 Å². The number of rotatable bonds is 4. The van der Waals surface area contributed by atoms with E-state index in [1.54, 1.807) is 24.3 Å². The molecule has 0 unspecified atom stereocenters. The number of benzene rings is 2. The molecular weight excluding hydrogens is 414 g/mol. The number of hydrogen-bond acceptors (Lipinski definition) is 4. The molecule has 0 bridgehead atoms. The topological polar surface area (TPSA) is 78.2 Å². The van der Waals surface area contributed by atoms with Crippen molar-refractivity contribution < 1.29 is 13.5 Å². The summed E-state index contributed by atoms with van der Waals surface area (Å²) >= 11 is 9.15. The van der Waals surface area contributed by atoms with Gasteiger partial charge in [-0.15, -0.1) is 0 Å². The van der Waals surface area contributed by atoms with Crippen LogP contribution < -0.4 is 0 Å². The second-order valence-electron chi connectivity index (χ2n) is 5.76. The maximum absolute atomic E-state index is 13.0. The fourth-order valence-corrected chi connectivity index (χ4v) is 5.84. The third-order valence-electron chi connectivity index (χ3n) is 4.43. The van der Waals surface area contributed by atoms with E-state index in [1.807, 2.05) is 6.07 Å². The number of nitrogens with zero attached hydrogens (tertiary/aromatic N) is 1. The molecule has 0 saturated heterocycles. The first-order valence-corrected chi connectivity index (χ1v) is 9.85. The Bertz CT molecular complexity index is 906. The number of aliphatic hydroxyl groups is 1. The van der Waals surface area contributed by atoms with Crippen molar-refractivity contribution >= 4 is 37.4 Å². The minimum atomic E-state index is -3.77. The molecule has 0 heterocycles. The van der Waals surface area contributed by atoms with E-state index in [-0.39, 0.29) is 4.90 Å². The number of sulfone groups is 1. The molecule has 7 heteroatoms. The van der Waals surface area contributed by atoms with Gasteiger partial charge in [0, 0.05) is 15.4 Å². The van der Waals surface area contributed by atoms with E-state index in [9.17, 15) is 18.8 Å². The van der Waals surface area contributed by atoms with E-state index in [4.69, 9.17) is 11.6 Å². The molecule has 2 aromatic carbocycles. The summed E-state index contributed by atoms with van der Waals surface area (Å²) in [6, 6.07) is 15.0. The quantitative estimate of drug-likeness (QED) is 0.811. The van der Waals surface area contributed by atoms with Gasteiger partial charge in [0.2, 0.25) is 0 Å². The Morgan fingerprint density at radius 1 is 1.17 bits per heavy atom. The standard InChI is InChI=1S/C17H13BrClNO3S/c18-12-3-1-11(2-4-12)15-16(17(15,9-20)10-21)24(22,23)14-7-5-13(19)6-8-14/h1-8,15-16,21H,10H2/t15-,16-,17+/m1/s1. The Morgan fingerprint density at radius 3 is 2.25 bits per heavy atom. The Hall–Kier alpha value is -1.39. The molecule has 124 valence electrons. The second-order valence-corrected chi connectivity index (χ2v) is 9.18. The van der Waals surface area contributed by atoms with Gasteiger partial charge in [0.05, 0.1) is 22.8 Å². The van der Waals surface area contributed by atoms with Crippen LogP contribution in [0.2, 0.25) is 5.02 Å². The molecule has 1 aliphatic carbocycles. The number of nitriles is 1. The van der Waals surface area contributed by atoms with Crippen LogP contribution in [0.1, 0.15) is 11.5 Å². The summed E-state index contributed by atoms with van der Waals surface area (Å²) in [5, 5.41) is 18.8. The van der Waals surface area contributed by atoms with Crippen LogP contribution in [0.4, 0.5) is 0 Å². The van der Waals surface area contributed by atoms with Gasteiger partial charge in [-0.2, -0.15) is 5.26 Å². The highest BCUT2D eigenvalue weighted by atomic mass is 79.9. The van der Waals surface area contributed by atoms with Gasteiger partial charge in [-0.1, -0.05) is 39.7 Å². The van der Waals surface area contributed by atoms with E-state index in [0.717, 1.165) is 10.0 Å². The molecule has 0 aromatic heterocycles. The zero-order chi connectivity index (χ0) is 17.5. The number of halogens is 2.